The second-order valence-corrected chi connectivity index (χ2v) is 7.03. The Labute approximate surface area is 142 Å². The van der Waals surface area contributed by atoms with Crippen LogP contribution in [0.15, 0.2) is 29.1 Å². The van der Waals surface area contributed by atoms with Gasteiger partial charge in [0, 0.05) is 12.6 Å². The molecule has 0 radical (unpaired) electrons. The lowest BCUT2D eigenvalue weighted by Gasteiger charge is -2.26. The molecular formula is C19H27N3O2. The van der Waals surface area contributed by atoms with Crippen molar-refractivity contribution in [2.45, 2.75) is 65.1 Å². The predicted octanol–water partition coefficient (Wildman–Crippen LogP) is 2.91. The number of benzene rings is 1. The predicted molar refractivity (Wildman–Crippen MR) is 96.1 cm³/mol. The van der Waals surface area contributed by atoms with Crippen LogP contribution in [0.25, 0.3) is 11.0 Å². The highest BCUT2D eigenvalue weighted by molar-refractivity contribution is 5.81. The third-order valence-electron chi connectivity index (χ3n) is 5.06. The molecule has 1 heterocycles. The number of nitrogens with zero attached hydrogens (tertiary/aromatic N) is 2. The molecule has 0 aliphatic heterocycles. The zero-order valence-electron chi connectivity index (χ0n) is 14.6. The molecule has 130 valence electrons. The summed E-state index contributed by atoms with van der Waals surface area (Å²) in [6.07, 6.45) is 5.31. The molecule has 0 unspecified atom stereocenters. The highest BCUT2D eigenvalue weighted by Crippen LogP contribution is 2.23. The van der Waals surface area contributed by atoms with Gasteiger partial charge in [0.2, 0.25) is 5.91 Å². The number of hydrogen-bond donors (Lipinski definition) is 1. The standard InChI is InChI=1S/C19H27N3O2/c1-3-12-21-16-6-4-5-7-17(16)22(19(21)24)13-18(23)20-15-10-8-14(2)9-11-15/h4-7,14-15H,3,8-13H2,1-2H3,(H,20,23). The summed E-state index contributed by atoms with van der Waals surface area (Å²) in [4.78, 5) is 25.1. The van der Waals surface area contributed by atoms with Crippen LogP contribution in [0.1, 0.15) is 46.0 Å². The number of aryl methyl sites for hydroxylation is 1. The average molecular weight is 329 g/mol. The smallest absolute Gasteiger partial charge is 0.329 e. The Morgan fingerprint density at radius 1 is 1.12 bits per heavy atom. The molecule has 3 rings (SSSR count). The van der Waals surface area contributed by atoms with E-state index in [4.69, 9.17) is 0 Å². The molecule has 2 aromatic rings. The van der Waals surface area contributed by atoms with Crippen LogP contribution >= 0.6 is 0 Å². The molecule has 1 aliphatic carbocycles. The quantitative estimate of drug-likeness (QED) is 0.917. The number of carbonyl (C=O) groups is 1. The number of rotatable bonds is 5. The van der Waals surface area contributed by atoms with Gasteiger partial charge in [-0.25, -0.2) is 4.79 Å². The lowest BCUT2D eigenvalue weighted by atomic mass is 9.87. The molecular weight excluding hydrogens is 302 g/mol. The molecule has 1 aliphatic rings. The first kappa shape index (κ1) is 16.8. The third kappa shape index (κ3) is 3.40. The second kappa shape index (κ2) is 7.24. The van der Waals surface area contributed by atoms with Crippen molar-refractivity contribution in [2.24, 2.45) is 5.92 Å². The first-order valence-electron chi connectivity index (χ1n) is 9.07. The lowest BCUT2D eigenvalue weighted by molar-refractivity contribution is -0.122. The number of aromatic nitrogens is 2. The second-order valence-electron chi connectivity index (χ2n) is 7.03. The van der Waals surface area contributed by atoms with Crippen molar-refractivity contribution >= 4 is 16.9 Å². The summed E-state index contributed by atoms with van der Waals surface area (Å²) in [6, 6.07) is 7.96. The molecule has 1 amide bonds. The third-order valence-corrected chi connectivity index (χ3v) is 5.06. The van der Waals surface area contributed by atoms with E-state index in [0.29, 0.717) is 6.54 Å². The molecule has 0 atom stereocenters. The van der Waals surface area contributed by atoms with Crippen LogP contribution in [-0.4, -0.2) is 21.1 Å². The molecule has 0 spiro atoms. The lowest BCUT2D eigenvalue weighted by Crippen LogP contribution is -2.40. The summed E-state index contributed by atoms with van der Waals surface area (Å²) < 4.78 is 3.37. The molecule has 5 nitrogen and oxygen atoms in total. The van der Waals surface area contributed by atoms with E-state index in [2.05, 4.69) is 19.2 Å². The Kier molecular flexibility index (Phi) is 5.07. The van der Waals surface area contributed by atoms with Crippen molar-refractivity contribution in [2.75, 3.05) is 0 Å². The van der Waals surface area contributed by atoms with Gasteiger partial charge in [0.15, 0.2) is 0 Å². The van der Waals surface area contributed by atoms with Gasteiger partial charge in [0.25, 0.3) is 0 Å². The number of imidazole rings is 1. The van der Waals surface area contributed by atoms with Crippen molar-refractivity contribution < 1.29 is 4.79 Å². The average Bonchev–Trinajstić information content (AvgIpc) is 2.83. The van der Waals surface area contributed by atoms with Gasteiger partial charge < -0.3 is 5.32 Å². The normalized spacial score (nSPS) is 21.1. The van der Waals surface area contributed by atoms with Gasteiger partial charge in [0.05, 0.1) is 11.0 Å². The van der Waals surface area contributed by atoms with E-state index in [1.165, 1.54) is 12.8 Å². The fourth-order valence-corrected chi connectivity index (χ4v) is 3.69. The number of amides is 1. The number of para-hydroxylation sites is 2. The Balaban J connectivity index is 1.78. The number of hydrogen-bond acceptors (Lipinski definition) is 2. The monoisotopic (exact) mass is 329 g/mol. The number of nitrogens with one attached hydrogen (secondary N) is 1. The van der Waals surface area contributed by atoms with Crippen molar-refractivity contribution in [3.05, 3.63) is 34.7 Å². The van der Waals surface area contributed by atoms with Gasteiger partial charge in [-0.3, -0.25) is 13.9 Å². The molecule has 1 fully saturated rings. The SMILES string of the molecule is CCCn1c(=O)n(CC(=O)NC2CCC(C)CC2)c2ccccc21. The minimum absolute atomic E-state index is 0.0592. The topological polar surface area (TPSA) is 56.0 Å². The summed E-state index contributed by atoms with van der Waals surface area (Å²) in [5.41, 5.74) is 1.65. The van der Waals surface area contributed by atoms with E-state index >= 15 is 0 Å². The molecule has 1 saturated carbocycles. The van der Waals surface area contributed by atoms with Gasteiger partial charge in [-0.2, -0.15) is 0 Å². The Bertz CT molecular complexity index is 767. The molecule has 1 aromatic heterocycles. The fraction of sp³-hybridized carbons (Fsp3) is 0.579. The van der Waals surface area contributed by atoms with E-state index < -0.39 is 0 Å². The molecule has 1 aromatic carbocycles. The van der Waals surface area contributed by atoms with Crippen molar-refractivity contribution in [3.63, 3.8) is 0 Å². The Morgan fingerprint density at radius 3 is 2.38 bits per heavy atom. The van der Waals surface area contributed by atoms with E-state index in [1.54, 1.807) is 9.13 Å². The molecule has 24 heavy (non-hydrogen) atoms. The number of fused-ring (bicyclic) bond motifs is 1. The Hall–Kier alpha value is -2.04. The highest BCUT2D eigenvalue weighted by Gasteiger charge is 2.21. The molecule has 0 saturated heterocycles. The zero-order chi connectivity index (χ0) is 17.1. The maximum atomic E-state index is 12.7. The van der Waals surface area contributed by atoms with Crippen LogP contribution < -0.4 is 11.0 Å². The maximum absolute atomic E-state index is 12.7. The van der Waals surface area contributed by atoms with E-state index in [0.717, 1.165) is 36.2 Å². The van der Waals surface area contributed by atoms with Gasteiger partial charge in [0.1, 0.15) is 6.54 Å². The van der Waals surface area contributed by atoms with E-state index in [-0.39, 0.29) is 24.2 Å². The van der Waals surface area contributed by atoms with Gasteiger partial charge >= 0.3 is 5.69 Å². The van der Waals surface area contributed by atoms with Crippen LogP contribution in [0.3, 0.4) is 0 Å². The summed E-state index contributed by atoms with van der Waals surface area (Å²) in [6.45, 7) is 5.09. The van der Waals surface area contributed by atoms with Gasteiger partial charge in [-0.15, -0.1) is 0 Å². The summed E-state index contributed by atoms with van der Waals surface area (Å²) in [7, 11) is 0. The van der Waals surface area contributed by atoms with Crippen LogP contribution in [-0.2, 0) is 17.9 Å². The zero-order valence-corrected chi connectivity index (χ0v) is 14.6. The van der Waals surface area contributed by atoms with Crippen LogP contribution in [0, 0.1) is 5.92 Å². The fourth-order valence-electron chi connectivity index (χ4n) is 3.69. The maximum Gasteiger partial charge on any atom is 0.329 e. The van der Waals surface area contributed by atoms with Gasteiger partial charge in [-0.05, 0) is 50.2 Å². The minimum Gasteiger partial charge on any atom is -0.352 e. The largest absolute Gasteiger partial charge is 0.352 e. The van der Waals surface area contributed by atoms with Crippen LogP contribution in [0.5, 0.6) is 0 Å². The van der Waals surface area contributed by atoms with E-state index in [9.17, 15) is 9.59 Å². The van der Waals surface area contributed by atoms with Crippen molar-refractivity contribution in [1.29, 1.82) is 0 Å². The van der Waals surface area contributed by atoms with Gasteiger partial charge in [-0.1, -0.05) is 26.0 Å². The molecule has 5 heteroatoms. The summed E-state index contributed by atoms with van der Waals surface area (Å²) >= 11 is 0. The summed E-state index contributed by atoms with van der Waals surface area (Å²) in [5, 5.41) is 3.11. The Morgan fingerprint density at radius 2 is 1.75 bits per heavy atom. The first-order valence-corrected chi connectivity index (χ1v) is 9.07. The molecule has 0 bridgehead atoms. The highest BCUT2D eigenvalue weighted by atomic mass is 16.2. The molecule has 1 N–H and O–H groups in total. The summed E-state index contributed by atoms with van der Waals surface area (Å²) in [5.74, 6) is 0.698. The van der Waals surface area contributed by atoms with Crippen LogP contribution in [0.4, 0.5) is 0 Å². The number of carbonyl (C=O) groups excluding carboxylic acids is 1. The minimum atomic E-state index is -0.0922. The van der Waals surface area contributed by atoms with Crippen molar-refractivity contribution in [3.8, 4) is 0 Å². The van der Waals surface area contributed by atoms with Crippen LogP contribution in [0.2, 0.25) is 0 Å². The van der Waals surface area contributed by atoms with Crippen molar-refractivity contribution in [1.82, 2.24) is 14.5 Å². The van der Waals surface area contributed by atoms with E-state index in [1.807, 2.05) is 24.3 Å². The first-order chi connectivity index (χ1) is 11.6.